The summed E-state index contributed by atoms with van der Waals surface area (Å²) < 4.78 is 0. The number of carbonyl (C=O) groups excluding carboxylic acids is 2. The molecule has 0 bridgehead atoms. The van der Waals surface area contributed by atoms with Gasteiger partial charge in [0.25, 0.3) is 11.8 Å². The molecule has 7 nitrogen and oxygen atoms in total. The predicted molar refractivity (Wildman–Crippen MR) is 122 cm³/mol. The third-order valence-corrected chi connectivity index (χ3v) is 5.84. The van der Waals surface area contributed by atoms with E-state index in [0.29, 0.717) is 22.9 Å². The van der Waals surface area contributed by atoms with Crippen molar-refractivity contribution >= 4 is 22.7 Å². The molecule has 0 spiro atoms. The number of benzene rings is 2. The van der Waals surface area contributed by atoms with Crippen molar-refractivity contribution in [3.05, 3.63) is 69.9 Å². The molecular formula is C25H27N3O4. The zero-order valence-electron chi connectivity index (χ0n) is 18.7. The molecular weight excluding hydrogens is 406 g/mol. The number of aromatic hydroxyl groups is 1. The molecule has 7 heteroatoms. The number of carbonyl (C=O) groups is 2. The maximum Gasteiger partial charge on any atom is 0.258 e. The summed E-state index contributed by atoms with van der Waals surface area (Å²) in [7, 11) is 1.63. The van der Waals surface area contributed by atoms with Crippen molar-refractivity contribution in [2.45, 2.75) is 39.3 Å². The number of nitrogens with zero attached hydrogens (tertiary/aromatic N) is 2. The highest BCUT2D eigenvalue weighted by atomic mass is 16.3. The molecule has 32 heavy (non-hydrogen) atoms. The van der Waals surface area contributed by atoms with Crippen LogP contribution >= 0.6 is 0 Å². The molecule has 2 aromatic carbocycles. The van der Waals surface area contributed by atoms with Crippen molar-refractivity contribution in [2.75, 3.05) is 13.7 Å². The minimum atomic E-state index is -0.852. The summed E-state index contributed by atoms with van der Waals surface area (Å²) in [6.45, 7) is 5.43. The molecule has 0 fully saturated rings. The van der Waals surface area contributed by atoms with Gasteiger partial charge in [0.1, 0.15) is 5.52 Å². The molecule has 1 aliphatic heterocycles. The molecule has 0 saturated heterocycles. The number of hydrogen-bond donors (Lipinski definition) is 3. The van der Waals surface area contributed by atoms with Gasteiger partial charge in [0.05, 0.1) is 23.3 Å². The molecule has 166 valence electrons. The van der Waals surface area contributed by atoms with E-state index in [0.717, 1.165) is 11.1 Å². The second-order valence-corrected chi connectivity index (χ2v) is 9.14. The first-order valence-corrected chi connectivity index (χ1v) is 10.5. The largest absolute Gasteiger partial charge is 0.505 e. The van der Waals surface area contributed by atoms with E-state index in [-0.39, 0.29) is 35.9 Å². The smallest absolute Gasteiger partial charge is 0.258 e. The molecule has 3 aromatic rings. The predicted octanol–water partition coefficient (Wildman–Crippen LogP) is 2.93. The standard InChI is InChI=1S/C25H27N3O4/c1-14-5-7-15(8-6-14)9-16-10-17-19(23(31)27-25(2,3)13-29)18-12-28(4)24(32)20(18)22(30)21(17)26-11-16/h5-8,10-11,29-30H,9,12-13H2,1-4H3,(H,27,31). The average molecular weight is 434 g/mol. The van der Waals surface area contributed by atoms with Crippen molar-refractivity contribution in [1.29, 1.82) is 0 Å². The molecule has 3 N–H and O–H groups in total. The van der Waals surface area contributed by atoms with Gasteiger partial charge in [-0.1, -0.05) is 29.8 Å². The Morgan fingerprint density at radius 3 is 2.56 bits per heavy atom. The first-order chi connectivity index (χ1) is 15.1. The van der Waals surface area contributed by atoms with Gasteiger partial charge in [0, 0.05) is 30.7 Å². The number of hydrogen-bond acceptors (Lipinski definition) is 5. The summed E-state index contributed by atoms with van der Waals surface area (Å²) in [6.07, 6.45) is 2.28. The number of aliphatic hydroxyl groups is 1. The summed E-state index contributed by atoms with van der Waals surface area (Å²) in [6, 6.07) is 10.0. The minimum absolute atomic E-state index is 0.116. The lowest BCUT2D eigenvalue weighted by Gasteiger charge is -2.25. The van der Waals surface area contributed by atoms with E-state index >= 15 is 0 Å². The van der Waals surface area contributed by atoms with Gasteiger partial charge in [-0.25, -0.2) is 0 Å². The lowest BCUT2D eigenvalue weighted by Crippen LogP contribution is -2.46. The molecule has 2 heterocycles. The van der Waals surface area contributed by atoms with Crippen LogP contribution in [-0.4, -0.2) is 51.1 Å². The fourth-order valence-corrected chi connectivity index (χ4v) is 4.03. The number of aromatic nitrogens is 1. The molecule has 0 atom stereocenters. The number of aryl methyl sites for hydroxylation is 1. The molecule has 0 unspecified atom stereocenters. The maximum absolute atomic E-state index is 13.4. The Bertz CT molecular complexity index is 1230. The van der Waals surface area contributed by atoms with E-state index < -0.39 is 11.4 Å². The number of pyridine rings is 1. The van der Waals surface area contributed by atoms with Gasteiger partial charge in [-0.05, 0) is 44.4 Å². The maximum atomic E-state index is 13.4. The van der Waals surface area contributed by atoms with Crippen molar-refractivity contribution in [3.8, 4) is 5.75 Å². The van der Waals surface area contributed by atoms with E-state index in [9.17, 15) is 19.8 Å². The lowest BCUT2D eigenvalue weighted by molar-refractivity contribution is 0.0811. The number of aliphatic hydroxyl groups excluding tert-OH is 1. The Morgan fingerprint density at radius 2 is 1.91 bits per heavy atom. The fraction of sp³-hybridized carbons (Fsp3) is 0.320. The second-order valence-electron chi connectivity index (χ2n) is 9.14. The van der Waals surface area contributed by atoms with Crippen LogP contribution in [0.15, 0.2) is 36.5 Å². The van der Waals surface area contributed by atoms with Crippen LogP contribution in [0.1, 0.15) is 56.8 Å². The molecule has 2 amide bonds. The molecule has 0 saturated carbocycles. The molecule has 4 rings (SSSR count). The topological polar surface area (TPSA) is 103 Å². The van der Waals surface area contributed by atoms with Crippen LogP contribution in [0.2, 0.25) is 0 Å². The van der Waals surface area contributed by atoms with Crippen LogP contribution in [-0.2, 0) is 13.0 Å². The van der Waals surface area contributed by atoms with Crippen LogP contribution < -0.4 is 5.32 Å². The van der Waals surface area contributed by atoms with Crippen LogP contribution in [0.3, 0.4) is 0 Å². The summed E-state index contributed by atoms with van der Waals surface area (Å²) in [4.78, 5) is 31.9. The Labute approximate surface area is 186 Å². The lowest BCUT2D eigenvalue weighted by atomic mass is 9.93. The fourth-order valence-electron chi connectivity index (χ4n) is 4.03. The van der Waals surface area contributed by atoms with Crippen molar-refractivity contribution in [2.24, 2.45) is 0 Å². The summed E-state index contributed by atoms with van der Waals surface area (Å²) in [5.41, 5.74) is 3.42. The van der Waals surface area contributed by atoms with Crippen LogP contribution in [0.5, 0.6) is 5.75 Å². The van der Waals surface area contributed by atoms with Crippen LogP contribution in [0.4, 0.5) is 0 Å². The monoisotopic (exact) mass is 433 g/mol. The van der Waals surface area contributed by atoms with Crippen LogP contribution in [0.25, 0.3) is 10.9 Å². The third-order valence-electron chi connectivity index (χ3n) is 5.84. The van der Waals surface area contributed by atoms with Gasteiger partial charge >= 0.3 is 0 Å². The number of phenolic OH excluding ortho intramolecular Hbond substituents is 1. The number of rotatable bonds is 5. The first kappa shape index (κ1) is 21.8. The highest BCUT2D eigenvalue weighted by Crippen LogP contribution is 2.39. The van der Waals surface area contributed by atoms with Gasteiger partial charge in [-0.15, -0.1) is 0 Å². The van der Waals surface area contributed by atoms with E-state index in [1.54, 1.807) is 27.1 Å². The number of fused-ring (bicyclic) bond motifs is 2. The van der Waals surface area contributed by atoms with Crippen LogP contribution in [0, 0.1) is 6.92 Å². The molecule has 0 aliphatic carbocycles. The minimum Gasteiger partial charge on any atom is -0.505 e. The Kier molecular flexibility index (Phi) is 5.38. The van der Waals surface area contributed by atoms with Gasteiger partial charge in [-0.2, -0.15) is 0 Å². The number of phenols is 1. The second kappa shape index (κ2) is 7.91. The van der Waals surface area contributed by atoms with Gasteiger partial charge in [0.2, 0.25) is 0 Å². The quantitative estimate of drug-likeness (QED) is 0.574. The highest BCUT2D eigenvalue weighted by Gasteiger charge is 2.36. The Balaban J connectivity index is 1.90. The molecule has 0 radical (unpaired) electrons. The Hall–Kier alpha value is -3.45. The van der Waals surface area contributed by atoms with E-state index in [4.69, 9.17) is 0 Å². The van der Waals surface area contributed by atoms with Crippen molar-refractivity contribution in [3.63, 3.8) is 0 Å². The van der Waals surface area contributed by atoms with Crippen molar-refractivity contribution < 1.29 is 19.8 Å². The van der Waals surface area contributed by atoms with E-state index in [2.05, 4.69) is 10.3 Å². The normalized spacial score (nSPS) is 13.5. The van der Waals surface area contributed by atoms with E-state index in [1.807, 2.05) is 37.3 Å². The third kappa shape index (κ3) is 3.80. The van der Waals surface area contributed by atoms with Gasteiger partial charge < -0.3 is 20.4 Å². The van der Waals surface area contributed by atoms with E-state index in [1.165, 1.54) is 10.5 Å². The number of amides is 2. The summed E-state index contributed by atoms with van der Waals surface area (Å²) in [5.74, 6) is -0.965. The average Bonchev–Trinajstić information content (AvgIpc) is 3.03. The zero-order chi connectivity index (χ0) is 23.2. The number of nitrogens with one attached hydrogen (secondary N) is 1. The SMILES string of the molecule is Cc1ccc(Cc2cnc3c(O)c4c(c(C(=O)NC(C)(C)CO)c3c2)CN(C)C4=O)cc1. The Morgan fingerprint density at radius 1 is 1.22 bits per heavy atom. The molecule has 1 aliphatic rings. The molecule has 1 aromatic heterocycles. The highest BCUT2D eigenvalue weighted by molar-refractivity contribution is 6.16. The summed E-state index contributed by atoms with van der Waals surface area (Å²) in [5, 5.41) is 23.8. The zero-order valence-corrected chi connectivity index (χ0v) is 18.7. The first-order valence-electron chi connectivity index (χ1n) is 10.5. The van der Waals surface area contributed by atoms with Gasteiger partial charge in [0.15, 0.2) is 5.75 Å². The summed E-state index contributed by atoms with van der Waals surface area (Å²) >= 11 is 0. The van der Waals surface area contributed by atoms with Crippen molar-refractivity contribution in [1.82, 2.24) is 15.2 Å². The van der Waals surface area contributed by atoms with Gasteiger partial charge in [-0.3, -0.25) is 14.6 Å².